The fraction of sp³-hybridized carbons (Fsp3) is 0.235. The molecule has 23 heavy (non-hydrogen) atoms. The molecule has 0 bridgehead atoms. The van der Waals surface area contributed by atoms with Crippen LogP contribution in [0, 0.1) is 13.8 Å². The van der Waals surface area contributed by atoms with E-state index >= 15 is 0 Å². The third-order valence-electron chi connectivity index (χ3n) is 3.91. The molecule has 6 nitrogen and oxygen atoms in total. The minimum atomic E-state index is -0.280. The van der Waals surface area contributed by atoms with Crippen LogP contribution < -0.4 is 0 Å². The highest BCUT2D eigenvalue weighted by Crippen LogP contribution is 2.19. The van der Waals surface area contributed by atoms with Crippen molar-refractivity contribution in [3.63, 3.8) is 0 Å². The summed E-state index contributed by atoms with van der Waals surface area (Å²) >= 11 is 0. The number of carbonyl (C=O) groups excluding carboxylic acids is 1. The van der Waals surface area contributed by atoms with Crippen molar-refractivity contribution in [1.29, 1.82) is 0 Å². The fourth-order valence-electron chi connectivity index (χ4n) is 2.47. The van der Waals surface area contributed by atoms with E-state index in [9.17, 15) is 9.90 Å². The van der Waals surface area contributed by atoms with Gasteiger partial charge in [-0.1, -0.05) is 0 Å². The first kappa shape index (κ1) is 15.0. The third kappa shape index (κ3) is 2.88. The summed E-state index contributed by atoms with van der Waals surface area (Å²) in [6, 6.07) is 5.58. The van der Waals surface area contributed by atoms with Crippen LogP contribution in [0.15, 0.2) is 30.6 Å². The van der Waals surface area contributed by atoms with Gasteiger partial charge in [-0.05, 0) is 43.2 Å². The molecule has 0 spiro atoms. The average molecular weight is 310 g/mol. The van der Waals surface area contributed by atoms with Gasteiger partial charge in [-0.25, -0.2) is 4.98 Å². The first-order valence-corrected chi connectivity index (χ1v) is 7.30. The molecular weight excluding hydrogens is 292 g/mol. The maximum absolute atomic E-state index is 12.4. The summed E-state index contributed by atoms with van der Waals surface area (Å²) in [5.74, 6) is 0.298. The molecule has 118 valence electrons. The topological polar surface area (TPSA) is 82.1 Å². The van der Waals surface area contributed by atoms with Gasteiger partial charge in [-0.2, -0.15) is 0 Å². The number of aromatic amines is 1. The van der Waals surface area contributed by atoms with Crippen molar-refractivity contribution in [3.8, 4) is 5.75 Å². The lowest BCUT2D eigenvalue weighted by atomic mass is 10.1. The lowest BCUT2D eigenvalue weighted by Gasteiger charge is -2.16. The molecule has 1 amide bonds. The Kier molecular flexibility index (Phi) is 3.73. The fourth-order valence-corrected chi connectivity index (χ4v) is 2.47. The van der Waals surface area contributed by atoms with Crippen LogP contribution in [0.3, 0.4) is 0 Å². The lowest BCUT2D eigenvalue weighted by Crippen LogP contribution is -2.26. The molecule has 2 N–H and O–H groups in total. The van der Waals surface area contributed by atoms with E-state index in [1.54, 1.807) is 7.05 Å². The van der Waals surface area contributed by atoms with E-state index in [-0.39, 0.29) is 17.2 Å². The standard InChI is InChI=1S/C17H18N4O2/c1-10-6-13-14(7-11(10)2)20-16(19-13)9-21(3)17(23)12-4-5-18-8-15(12)22/h4-8,22H,9H2,1-3H3,(H,19,20). The quantitative estimate of drug-likeness (QED) is 0.779. The van der Waals surface area contributed by atoms with E-state index in [4.69, 9.17) is 0 Å². The molecule has 0 unspecified atom stereocenters. The van der Waals surface area contributed by atoms with E-state index in [1.165, 1.54) is 34.5 Å². The Morgan fingerprint density at radius 3 is 2.78 bits per heavy atom. The number of hydrogen-bond donors (Lipinski definition) is 2. The molecule has 0 saturated carbocycles. The normalized spacial score (nSPS) is 10.9. The molecule has 0 radical (unpaired) electrons. The number of aryl methyl sites for hydroxylation is 2. The SMILES string of the molecule is Cc1cc2nc(CN(C)C(=O)c3ccncc3O)[nH]c2cc1C. The van der Waals surface area contributed by atoms with Crippen molar-refractivity contribution in [2.24, 2.45) is 0 Å². The molecule has 0 atom stereocenters. The minimum Gasteiger partial charge on any atom is -0.505 e. The Bertz CT molecular complexity index is 846. The van der Waals surface area contributed by atoms with Gasteiger partial charge in [0.15, 0.2) is 0 Å². The number of aromatic nitrogens is 3. The molecule has 1 aromatic carbocycles. The number of amides is 1. The average Bonchev–Trinajstić information content (AvgIpc) is 2.88. The highest BCUT2D eigenvalue weighted by Gasteiger charge is 2.17. The summed E-state index contributed by atoms with van der Waals surface area (Å²) in [4.78, 5) is 25.4. The van der Waals surface area contributed by atoms with Crippen molar-refractivity contribution >= 4 is 16.9 Å². The maximum atomic E-state index is 12.4. The Morgan fingerprint density at radius 2 is 2.04 bits per heavy atom. The van der Waals surface area contributed by atoms with E-state index in [2.05, 4.69) is 27.9 Å². The Morgan fingerprint density at radius 1 is 1.30 bits per heavy atom. The van der Waals surface area contributed by atoms with E-state index in [0.29, 0.717) is 12.4 Å². The molecule has 3 rings (SSSR count). The third-order valence-corrected chi connectivity index (χ3v) is 3.91. The molecule has 2 heterocycles. The van der Waals surface area contributed by atoms with Crippen LogP contribution in [0.25, 0.3) is 11.0 Å². The molecule has 0 aliphatic heterocycles. The number of aromatic hydroxyl groups is 1. The number of carbonyl (C=O) groups is 1. The zero-order valence-electron chi connectivity index (χ0n) is 13.3. The number of fused-ring (bicyclic) bond motifs is 1. The largest absolute Gasteiger partial charge is 0.505 e. The van der Waals surface area contributed by atoms with Crippen LogP contribution in [-0.2, 0) is 6.54 Å². The van der Waals surface area contributed by atoms with Crippen molar-refractivity contribution in [2.45, 2.75) is 20.4 Å². The summed E-state index contributed by atoms with van der Waals surface area (Å²) < 4.78 is 0. The van der Waals surface area contributed by atoms with Crippen LogP contribution in [-0.4, -0.2) is 37.9 Å². The molecule has 0 aliphatic rings. The molecule has 6 heteroatoms. The van der Waals surface area contributed by atoms with Gasteiger partial charge in [0, 0.05) is 13.2 Å². The van der Waals surface area contributed by atoms with Crippen LogP contribution >= 0.6 is 0 Å². The molecule has 0 aliphatic carbocycles. The monoisotopic (exact) mass is 310 g/mol. The lowest BCUT2D eigenvalue weighted by molar-refractivity contribution is 0.0779. The second kappa shape index (κ2) is 5.72. The number of imidazole rings is 1. The van der Waals surface area contributed by atoms with Gasteiger partial charge in [0.1, 0.15) is 11.6 Å². The Balaban J connectivity index is 1.84. The zero-order valence-corrected chi connectivity index (χ0v) is 13.3. The number of rotatable bonds is 3. The van der Waals surface area contributed by atoms with Gasteiger partial charge < -0.3 is 15.0 Å². The first-order chi connectivity index (χ1) is 11.0. The Hall–Kier alpha value is -2.89. The summed E-state index contributed by atoms with van der Waals surface area (Å²) in [5.41, 5.74) is 4.44. The molecule has 0 fully saturated rings. The van der Waals surface area contributed by atoms with E-state index < -0.39 is 0 Å². The second-order valence-electron chi connectivity index (χ2n) is 5.69. The van der Waals surface area contributed by atoms with Gasteiger partial charge in [0.2, 0.25) is 0 Å². The second-order valence-corrected chi connectivity index (χ2v) is 5.69. The summed E-state index contributed by atoms with van der Waals surface area (Å²) in [7, 11) is 1.67. The van der Waals surface area contributed by atoms with Gasteiger partial charge >= 0.3 is 0 Å². The van der Waals surface area contributed by atoms with Gasteiger partial charge in [0.25, 0.3) is 5.91 Å². The summed E-state index contributed by atoms with van der Waals surface area (Å²) in [5, 5.41) is 9.74. The molecule has 0 saturated heterocycles. The van der Waals surface area contributed by atoms with Crippen molar-refractivity contribution in [1.82, 2.24) is 19.9 Å². The molecule has 2 aromatic heterocycles. The van der Waals surface area contributed by atoms with Gasteiger partial charge in [-0.3, -0.25) is 9.78 Å². The smallest absolute Gasteiger partial charge is 0.257 e. The Labute approximate surface area is 133 Å². The van der Waals surface area contributed by atoms with Crippen LogP contribution in [0.2, 0.25) is 0 Å². The highest BCUT2D eigenvalue weighted by atomic mass is 16.3. The number of pyridine rings is 1. The van der Waals surface area contributed by atoms with Crippen molar-refractivity contribution in [2.75, 3.05) is 7.05 Å². The predicted octanol–water partition coefficient (Wildman–Crippen LogP) is 2.55. The van der Waals surface area contributed by atoms with Crippen LogP contribution in [0.5, 0.6) is 5.75 Å². The van der Waals surface area contributed by atoms with Gasteiger partial charge in [-0.15, -0.1) is 0 Å². The van der Waals surface area contributed by atoms with Crippen molar-refractivity contribution in [3.05, 3.63) is 53.1 Å². The number of benzene rings is 1. The predicted molar refractivity (Wildman–Crippen MR) is 87.3 cm³/mol. The summed E-state index contributed by atoms with van der Waals surface area (Å²) in [6.45, 7) is 4.43. The molecular formula is C17H18N4O2. The van der Waals surface area contributed by atoms with E-state index in [1.807, 2.05) is 13.0 Å². The van der Waals surface area contributed by atoms with E-state index in [0.717, 1.165) is 11.0 Å². The number of nitrogens with one attached hydrogen (secondary N) is 1. The maximum Gasteiger partial charge on any atom is 0.257 e. The van der Waals surface area contributed by atoms with Crippen LogP contribution in [0.4, 0.5) is 0 Å². The highest BCUT2D eigenvalue weighted by molar-refractivity contribution is 5.96. The van der Waals surface area contributed by atoms with Crippen LogP contribution in [0.1, 0.15) is 27.3 Å². The number of hydrogen-bond acceptors (Lipinski definition) is 4. The number of nitrogens with zero attached hydrogens (tertiary/aromatic N) is 3. The van der Waals surface area contributed by atoms with Gasteiger partial charge in [0.05, 0.1) is 29.3 Å². The van der Waals surface area contributed by atoms with Crippen molar-refractivity contribution < 1.29 is 9.90 Å². The summed E-state index contributed by atoms with van der Waals surface area (Å²) in [6.07, 6.45) is 2.74. The molecule has 3 aromatic rings. The minimum absolute atomic E-state index is 0.125. The first-order valence-electron chi connectivity index (χ1n) is 7.30. The zero-order chi connectivity index (χ0) is 16.6. The number of H-pyrrole nitrogens is 1.